The molecule has 23 heavy (non-hydrogen) atoms. The molecule has 0 aromatic heterocycles. The third kappa shape index (κ3) is 5.63. The molecule has 0 spiro atoms. The first-order chi connectivity index (χ1) is 10.8. The van der Waals surface area contributed by atoms with E-state index in [1.807, 2.05) is 0 Å². The third-order valence-corrected chi connectivity index (χ3v) is 4.52. The van der Waals surface area contributed by atoms with Crippen molar-refractivity contribution in [3.63, 3.8) is 0 Å². The third-order valence-electron chi connectivity index (χ3n) is 3.52. The second-order valence-corrected chi connectivity index (χ2v) is 6.94. The minimum absolute atomic E-state index is 0.0984. The van der Waals surface area contributed by atoms with Gasteiger partial charge in [-0.25, -0.2) is 0 Å². The molecule has 1 aliphatic carbocycles. The molecule has 1 heterocycles. The Morgan fingerprint density at radius 3 is 2.61 bits per heavy atom. The molecule has 0 N–H and O–H groups in total. The lowest BCUT2D eigenvalue weighted by molar-refractivity contribution is -0.117. The molecule has 0 aromatic carbocycles. The van der Waals surface area contributed by atoms with Crippen LogP contribution in [-0.2, 0) is 28.5 Å². The van der Waals surface area contributed by atoms with Crippen molar-refractivity contribution in [2.45, 2.75) is 30.9 Å². The van der Waals surface area contributed by atoms with Crippen molar-refractivity contribution >= 4 is 10.1 Å². The summed E-state index contributed by atoms with van der Waals surface area (Å²) in [5, 5.41) is 0. The molecular weight excluding hydrogens is 341 g/mol. The summed E-state index contributed by atoms with van der Waals surface area (Å²) in [6.45, 7) is 2.42. The Bertz CT molecular complexity index is 510. The van der Waals surface area contributed by atoms with E-state index in [0.29, 0.717) is 45.9 Å². The molecule has 2 aliphatic rings. The van der Waals surface area contributed by atoms with Crippen molar-refractivity contribution < 1.29 is 40.0 Å². The van der Waals surface area contributed by atoms with E-state index in [4.69, 9.17) is 14.2 Å². The lowest BCUT2D eigenvalue weighted by Gasteiger charge is -2.25. The fourth-order valence-corrected chi connectivity index (χ4v) is 2.81. The summed E-state index contributed by atoms with van der Waals surface area (Å²) in [6.07, 6.45) is 2.32. The number of halogens is 3. The van der Waals surface area contributed by atoms with Crippen LogP contribution in [0.25, 0.3) is 0 Å². The molecule has 134 valence electrons. The Balaban J connectivity index is 1.71. The van der Waals surface area contributed by atoms with Gasteiger partial charge in [-0.2, -0.15) is 21.6 Å². The predicted molar refractivity (Wildman–Crippen MR) is 72.9 cm³/mol. The number of ether oxygens (including phenoxy) is 3. The zero-order valence-electron chi connectivity index (χ0n) is 12.4. The zero-order chi connectivity index (χ0) is 16.9. The highest BCUT2D eigenvalue weighted by atomic mass is 32.2. The van der Waals surface area contributed by atoms with Crippen molar-refractivity contribution in [1.29, 1.82) is 0 Å². The summed E-state index contributed by atoms with van der Waals surface area (Å²) < 4.78 is 78.8. The summed E-state index contributed by atoms with van der Waals surface area (Å²) in [5.74, 6) is -0.0527. The quantitative estimate of drug-likeness (QED) is 0.533. The maximum absolute atomic E-state index is 12.2. The number of rotatable bonds is 6. The van der Waals surface area contributed by atoms with Gasteiger partial charge in [0.05, 0.1) is 26.4 Å². The van der Waals surface area contributed by atoms with Crippen LogP contribution in [0.1, 0.15) is 19.3 Å². The van der Waals surface area contributed by atoms with E-state index in [1.165, 1.54) is 6.08 Å². The molecule has 1 fully saturated rings. The van der Waals surface area contributed by atoms with Crippen LogP contribution in [-0.4, -0.2) is 53.1 Å². The summed E-state index contributed by atoms with van der Waals surface area (Å²) in [4.78, 5) is 0. The fraction of sp³-hybridized carbons (Fsp3) is 0.846. The minimum atomic E-state index is -5.58. The topological polar surface area (TPSA) is 71.1 Å². The van der Waals surface area contributed by atoms with E-state index < -0.39 is 15.6 Å². The van der Waals surface area contributed by atoms with Gasteiger partial charge in [-0.3, -0.25) is 0 Å². The number of hydrogen-bond donors (Lipinski definition) is 0. The van der Waals surface area contributed by atoms with Crippen LogP contribution in [0.5, 0.6) is 0 Å². The molecule has 2 atom stereocenters. The smallest absolute Gasteiger partial charge is 0.381 e. The van der Waals surface area contributed by atoms with E-state index in [0.717, 1.165) is 0 Å². The highest BCUT2D eigenvalue weighted by Crippen LogP contribution is 2.31. The number of hydrogen-bond acceptors (Lipinski definition) is 6. The van der Waals surface area contributed by atoms with E-state index in [2.05, 4.69) is 4.18 Å². The van der Waals surface area contributed by atoms with Crippen LogP contribution in [0.2, 0.25) is 0 Å². The zero-order valence-corrected chi connectivity index (χ0v) is 13.2. The Hall–Kier alpha value is -0.840. The molecule has 0 amide bonds. The van der Waals surface area contributed by atoms with Gasteiger partial charge in [0.25, 0.3) is 0 Å². The van der Waals surface area contributed by atoms with E-state index in [1.54, 1.807) is 0 Å². The lowest BCUT2D eigenvalue weighted by Crippen LogP contribution is -2.33. The van der Waals surface area contributed by atoms with E-state index >= 15 is 0 Å². The van der Waals surface area contributed by atoms with Crippen LogP contribution in [0.4, 0.5) is 13.2 Å². The van der Waals surface area contributed by atoms with E-state index in [9.17, 15) is 21.6 Å². The first-order valence-electron chi connectivity index (χ1n) is 7.25. The Morgan fingerprint density at radius 1 is 1.26 bits per heavy atom. The standard InChI is InChI=1S/C13H19F3O6S/c14-13(15,16)23(17,18)22-11-3-1-10(2-4-11)7-20-9-12-8-19-5-6-21-12/h3,10,12H,1-2,4-9H2/t10-,12-/m1/s1. The molecular formula is C13H19F3O6S. The molecule has 10 heteroatoms. The van der Waals surface area contributed by atoms with Crippen molar-refractivity contribution in [1.82, 2.24) is 0 Å². The molecule has 0 unspecified atom stereocenters. The summed E-state index contributed by atoms with van der Waals surface area (Å²) in [5.41, 5.74) is -5.41. The van der Waals surface area contributed by atoms with Gasteiger partial charge < -0.3 is 18.4 Å². The van der Waals surface area contributed by atoms with Gasteiger partial charge in [-0.05, 0) is 24.8 Å². The Morgan fingerprint density at radius 2 is 2.04 bits per heavy atom. The summed E-state index contributed by atoms with van der Waals surface area (Å²) >= 11 is 0. The van der Waals surface area contributed by atoms with Gasteiger partial charge >= 0.3 is 15.6 Å². The van der Waals surface area contributed by atoms with Gasteiger partial charge in [0, 0.05) is 13.0 Å². The summed E-state index contributed by atoms with van der Waals surface area (Å²) in [7, 11) is -5.58. The monoisotopic (exact) mass is 360 g/mol. The fourth-order valence-electron chi connectivity index (χ4n) is 2.28. The molecule has 2 rings (SSSR count). The Labute approximate surface area is 132 Å². The van der Waals surface area contributed by atoms with Crippen molar-refractivity contribution in [3.8, 4) is 0 Å². The molecule has 0 bridgehead atoms. The minimum Gasteiger partial charge on any atom is -0.381 e. The van der Waals surface area contributed by atoms with Crippen molar-refractivity contribution in [2.75, 3.05) is 33.0 Å². The highest BCUT2D eigenvalue weighted by molar-refractivity contribution is 7.87. The van der Waals surface area contributed by atoms with Crippen molar-refractivity contribution in [2.24, 2.45) is 5.92 Å². The maximum Gasteiger partial charge on any atom is 0.534 e. The van der Waals surface area contributed by atoms with Crippen LogP contribution < -0.4 is 0 Å². The van der Waals surface area contributed by atoms with Gasteiger partial charge in [0.2, 0.25) is 0 Å². The summed E-state index contributed by atoms with van der Waals surface area (Å²) in [6, 6.07) is 0. The van der Waals surface area contributed by atoms with Gasteiger partial charge in [0.15, 0.2) is 0 Å². The SMILES string of the molecule is O=S(=O)(OC1=CC[C@@H](COC[C@H]2COCCO2)CC1)C(F)(F)F. The molecule has 0 aromatic rings. The van der Waals surface area contributed by atoms with Gasteiger partial charge in [-0.15, -0.1) is 0 Å². The van der Waals surface area contributed by atoms with Gasteiger partial charge in [-0.1, -0.05) is 0 Å². The van der Waals surface area contributed by atoms with Crippen LogP contribution in [0, 0.1) is 5.92 Å². The lowest BCUT2D eigenvalue weighted by atomic mass is 9.94. The largest absolute Gasteiger partial charge is 0.534 e. The molecule has 0 radical (unpaired) electrons. The normalized spacial score (nSPS) is 26.7. The predicted octanol–water partition coefficient (Wildman–Crippen LogP) is 1.97. The first kappa shape index (κ1) is 18.5. The molecule has 1 saturated heterocycles. The van der Waals surface area contributed by atoms with Crippen LogP contribution in [0.15, 0.2) is 11.8 Å². The highest BCUT2D eigenvalue weighted by Gasteiger charge is 2.48. The molecule has 6 nitrogen and oxygen atoms in total. The number of allylic oxidation sites excluding steroid dienone is 2. The molecule has 0 saturated carbocycles. The average Bonchev–Trinajstić information content (AvgIpc) is 2.49. The second kappa shape index (κ2) is 7.82. The Kier molecular flexibility index (Phi) is 6.29. The van der Waals surface area contributed by atoms with Crippen LogP contribution in [0.3, 0.4) is 0 Å². The second-order valence-electron chi connectivity index (χ2n) is 5.40. The van der Waals surface area contributed by atoms with Crippen molar-refractivity contribution in [3.05, 3.63) is 11.8 Å². The average molecular weight is 360 g/mol. The van der Waals surface area contributed by atoms with Gasteiger partial charge in [0.1, 0.15) is 11.9 Å². The van der Waals surface area contributed by atoms with Crippen LogP contribution >= 0.6 is 0 Å². The maximum atomic E-state index is 12.2. The molecule has 1 aliphatic heterocycles. The van der Waals surface area contributed by atoms with E-state index in [-0.39, 0.29) is 24.2 Å². The first-order valence-corrected chi connectivity index (χ1v) is 8.65. The number of alkyl halides is 3.